The Morgan fingerprint density at radius 3 is 2.65 bits per heavy atom. The van der Waals surface area contributed by atoms with Gasteiger partial charge in [0, 0.05) is 19.6 Å². The molecule has 1 aliphatic heterocycles. The number of rotatable bonds is 9. The van der Waals surface area contributed by atoms with Crippen molar-refractivity contribution in [3.63, 3.8) is 0 Å². The van der Waals surface area contributed by atoms with Crippen molar-refractivity contribution < 1.29 is 27.4 Å². The van der Waals surface area contributed by atoms with Crippen LogP contribution in [0.1, 0.15) is 24.7 Å². The summed E-state index contributed by atoms with van der Waals surface area (Å²) < 4.78 is 45.6. The fourth-order valence-corrected chi connectivity index (χ4v) is 5.33. The maximum absolute atomic E-state index is 13.0. The lowest BCUT2D eigenvalue weighted by molar-refractivity contribution is -0.145. The van der Waals surface area contributed by atoms with Crippen LogP contribution in [0.3, 0.4) is 0 Å². The molecule has 182 valence electrons. The van der Waals surface area contributed by atoms with E-state index < -0.39 is 10.0 Å². The smallest absolute Gasteiger partial charge is 0.309 e. The molecule has 4 rings (SSSR count). The second kappa shape index (κ2) is 10.5. The fourth-order valence-electron chi connectivity index (χ4n) is 3.90. The van der Waals surface area contributed by atoms with Crippen LogP contribution in [0.2, 0.25) is 0 Å². The van der Waals surface area contributed by atoms with Crippen LogP contribution < -0.4 is 4.74 Å². The number of ether oxygens (including phenoxy) is 3. The minimum atomic E-state index is -3.62. The number of nitrogens with zero attached hydrogens (tertiary/aromatic N) is 3. The van der Waals surface area contributed by atoms with Gasteiger partial charge in [-0.25, -0.2) is 13.4 Å². The van der Waals surface area contributed by atoms with Gasteiger partial charge in [0.25, 0.3) is 0 Å². The number of sulfonamides is 1. The Kier molecular flexibility index (Phi) is 7.50. The molecule has 1 saturated heterocycles. The van der Waals surface area contributed by atoms with Gasteiger partial charge in [0.1, 0.15) is 18.2 Å². The molecule has 10 heteroatoms. The Morgan fingerprint density at radius 2 is 1.91 bits per heavy atom. The molecule has 1 fully saturated rings. The molecular formula is C24H29N3O6S. The molecule has 0 spiro atoms. The summed E-state index contributed by atoms with van der Waals surface area (Å²) in [6.45, 7) is 6.16. The molecule has 0 aliphatic carbocycles. The monoisotopic (exact) mass is 487 g/mol. The zero-order chi connectivity index (χ0) is 24.1. The van der Waals surface area contributed by atoms with E-state index in [-0.39, 0.29) is 30.5 Å². The largest absolute Gasteiger partial charge is 0.493 e. The van der Waals surface area contributed by atoms with Gasteiger partial charge in [-0.2, -0.15) is 4.31 Å². The zero-order valence-corrected chi connectivity index (χ0v) is 20.2. The molecule has 1 aromatic heterocycles. The van der Waals surface area contributed by atoms with E-state index in [2.05, 4.69) is 4.98 Å². The van der Waals surface area contributed by atoms with Gasteiger partial charge in [-0.05, 0) is 43.7 Å². The van der Waals surface area contributed by atoms with Gasteiger partial charge < -0.3 is 18.8 Å². The van der Waals surface area contributed by atoms with Crippen molar-refractivity contribution >= 4 is 27.0 Å². The van der Waals surface area contributed by atoms with Gasteiger partial charge in [-0.15, -0.1) is 0 Å². The number of aryl methyl sites for hydroxylation is 2. The standard InChI is InChI=1S/C24H29N3O6S/c1-3-27-21-9-8-19(34(29,30)26-11-14-31-15-12-26)16-20(21)25-23(27)17-33-24(28)10-13-32-22-7-5-4-6-18(22)2/h4-9,16H,3,10-15,17H2,1-2H3. The SMILES string of the molecule is CCn1c(COC(=O)CCOc2ccccc2C)nc2cc(S(=O)(=O)N3CCOCC3)ccc21. The summed E-state index contributed by atoms with van der Waals surface area (Å²) in [5.74, 6) is 0.913. The number of aromatic nitrogens is 2. The minimum Gasteiger partial charge on any atom is -0.493 e. The number of esters is 1. The van der Waals surface area contributed by atoms with Crippen LogP contribution in [0.15, 0.2) is 47.4 Å². The van der Waals surface area contributed by atoms with Crippen LogP contribution in [-0.4, -0.2) is 61.2 Å². The van der Waals surface area contributed by atoms with Crippen molar-refractivity contribution in [2.45, 2.75) is 38.3 Å². The molecule has 1 aliphatic rings. The third-order valence-corrected chi connectivity index (χ3v) is 7.64. The molecule has 0 atom stereocenters. The van der Waals surface area contributed by atoms with Crippen LogP contribution >= 0.6 is 0 Å². The average Bonchev–Trinajstić information content (AvgIpc) is 3.21. The molecule has 0 N–H and O–H groups in total. The third kappa shape index (κ3) is 5.24. The maximum Gasteiger partial charge on any atom is 0.309 e. The number of hydrogen-bond donors (Lipinski definition) is 0. The highest BCUT2D eigenvalue weighted by molar-refractivity contribution is 7.89. The van der Waals surface area contributed by atoms with Gasteiger partial charge in [-0.3, -0.25) is 4.79 Å². The van der Waals surface area contributed by atoms with Gasteiger partial charge in [0.05, 0.1) is 42.2 Å². The Balaban J connectivity index is 1.42. The first-order valence-electron chi connectivity index (χ1n) is 11.3. The highest BCUT2D eigenvalue weighted by Crippen LogP contribution is 2.24. The van der Waals surface area contributed by atoms with E-state index in [1.165, 1.54) is 4.31 Å². The Hall–Kier alpha value is -2.95. The van der Waals surface area contributed by atoms with Crippen LogP contribution in [0, 0.1) is 6.92 Å². The lowest BCUT2D eigenvalue weighted by Crippen LogP contribution is -2.40. The van der Waals surface area contributed by atoms with Crippen LogP contribution in [0.4, 0.5) is 0 Å². The van der Waals surface area contributed by atoms with Crippen molar-refractivity contribution in [2.75, 3.05) is 32.9 Å². The lowest BCUT2D eigenvalue weighted by Gasteiger charge is -2.26. The number of benzene rings is 2. The molecule has 9 nitrogen and oxygen atoms in total. The van der Waals surface area contributed by atoms with Crippen LogP contribution in [0.25, 0.3) is 11.0 Å². The summed E-state index contributed by atoms with van der Waals surface area (Å²) in [6, 6.07) is 12.5. The van der Waals surface area contributed by atoms with Gasteiger partial charge in [0.15, 0.2) is 0 Å². The molecule has 0 radical (unpaired) electrons. The van der Waals surface area contributed by atoms with Crippen molar-refractivity contribution in [1.29, 1.82) is 0 Å². The minimum absolute atomic E-state index is 0.00271. The van der Waals surface area contributed by atoms with Crippen molar-refractivity contribution in [3.05, 3.63) is 53.9 Å². The molecule has 0 bridgehead atoms. The first kappa shape index (κ1) is 24.2. The Morgan fingerprint density at radius 1 is 1.15 bits per heavy atom. The molecule has 2 aromatic carbocycles. The predicted molar refractivity (Wildman–Crippen MR) is 126 cm³/mol. The van der Waals surface area contributed by atoms with Gasteiger partial charge in [-0.1, -0.05) is 18.2 Å². The van der Waals surface area contributed by atoms with E-state index in [4.69, 9.17) is 14.2 Å². The molecule has 0 amide bonds. The molecule has 2 heterocycles. The molecule has 3 aromatic rings. The quantitative estimate of drug-likeness (QED) is 0.428. The van der Waals surface area contributed by atoms with Crippen LogP contribution in [0.5, 0.6) is 5.75 Å². The van der Waals surface area contributed by atoms with E-state index >= 15 is 0 Å². The number of carbonyl (C=O) groups excluding carboxylic acids is 1. The van der Waals surface area contributed by atoms with Gasteiger partial charge >= 0.3 is 5.97 Å². The highest BCUT2D eigenvalue weighted by Gasteiger charge is 2.27. The second-order valence-corrected chi connectivity index (χ2v) is 9.90. The summed E-state index contributed by atoms with van der Waals surface area (Å²) in [7, 11) is -3.62. The number of hydrogen-bond acceptors (Lipinski definition) is 7. The van der Waals surface area contributed by atoms with Crippen molar-refractivity contribution in [1.82, 2.24) is 13.9 Å². The second-order valence-electron chi connectivity index (χ2n) is 7.96. The summed E-state index contributed by atoms with van der Waals surface area (Å²) in [6.07, 6.45) is 0.114. The molecule has 0 saturated carbocycles. The lowest BCUT2D eigenvalue weighted by atomic mass is 10.2. The normalized spacial score (nSPS) is 14.9. The van der Waals surface area contributed by atoms with Crippen LogP contribution in [-0.2, 0) is 37.4 Å². The Bertz CT molecular complexity index is 1260. The summed E-state index contributed by atoms with van der Waals surface area (Å²) in [5, 5.41) is 0. The summed E-state index contributed by atoms with van der Waals surface area (Å²) >= 11 is 0. The first-order chi connectivity index (χ1) is 16.4. The highest BCUT2D eigenvalue weighted by atomic mass is 32.2. The van der Waals surface area contributed by atoms with Gasteiger partial charge in [0.2, 0.25) is 10.0 Å². The molecular weight excluding hydrogens is 458 g/mol. The number of morpholine rings is 1. The molecule has 34 heavy (non-hydrogen) atoms. The summed E-state index contributed by atoms with van der Waals surface area (Å²) in [5.41, 5.74) is 2.34. The van der Waals surface area contributed by atoms with E-state index in [0.717, 1.165) is 16.8 Å². The number of imidazole rings is 1. The fraction of sp³-hybridized carbons (Fsp3) is 0.417. The number of fused-ring (bicyclic) bond motifs is 1. The Labute approximate surface area is 199 Å². The summed E-state index contributed by atoms with van der Waals surface area (Å²) in [4.78, 5) is 17.0. The van der Waals surface area contributed by atoms with Crippen molar-refractivity contribution in [2.24, 2.45) is 0 Å². The third-order valence-electron chi connectivity index (χ3n) is 5.74. The molecule has 0 unspecified atom stereocenters. The van der Waals surface area contributed by atoms with E-state index in [1.54, 1.807) is 18.2 Å². The van der Waals surface area contributed by atoms with E-state index in [1.807, 2.05) is 42.7 Å². The predicted octanol–water partition coefficient (Wildman–Crippen LogP) is 2.90. The van der Waals surface area contributed by atoms with E-state index in [0.29, 0.717) is 44.2 Å². The van der Waals surface area contributed by atoms with Crippen molar-refractivity contribution in [3.8, 4) is 5.75 Å². The number of para-hydroxylation sites is 1. The maximum atomic E-state index is 13.0. The topological polar surface area (TPSA) is 100.0 Å². The van der Waals surface area contributed by atoms with E-state index in [9.17, 15) is 13.2 Å². The zero-order valence-electron chi connectivity index (χ0n) is 19.4. The average molecular weight is 488 g/mol. The number of carbonyl (C=O) groups is 1. The first-order valence-corrected chi connectivity index (χ1v) is 12.7.